The van der Waals surface area contributed by atoms with Crippen molar-refractivity contribution in [1.29, 1.82) is 0 Å². The lowest BCUT2D eigenvalue weighted by Crippen LogP contribution is -2.72. The summed E-state index contributed by atoms with van der Waals surface area (Å²) in [7, 11) is 2.10. The minimum Gasteiger partial charge on any atom is -0.377 e. The molecular formula is C19H25N3O2. The largest absolute Gasteiger partial charge is 0.377 e. The predicted octanol–water partition coefficient (Wildman–Crippen LogP) is 2.76. The van der Waals surface area contributed by atoms with Crippen molar-refractivity contribution in [3.05, 3.63) is 23.8 Å². The van der Waals surface area contributed by atoms with E-state index in [1.165, 1.54) is 30.5 Å². The zero-order valence-corrected chi connectivity index (χ0v) is 14.2. The second kappa shape index (κ2) is 5.12. The highest BCUT2D eigenvalue weighted by Gasteiger charge is 2.67. The van der Waals surface area contributed by atoms with Crippen LogP contribution in [0, 0.1) is 11.3 Å². The third kappa shape index (κ3) is 1.88. The van der Waals surface area contributed by atoms with E-state index in [1.807, 2.05) is 12.1 Å². The van der Waals surface area contributed by atoms with E-state index in [2.05, 4.69) is 28.6 Å². The highest BCUT2D eigenvalue weighted by Crippen LogP contribution is 2.62. The molecule has 5 heteroatoms. The van der Waals surface area contributed by atoms with Crippen LogP contribution in [0.25, 0.3) is 0 Å². The first-order chi connectivity index (χ1) is 11.7. The van der Waals surface area contributed by atoms with Crippen molar-refractivity contribution in [1.82, 2.24) is 5.32 Å². The predicted molar refractivity (Wildman–Crippen MR) is 93.5 cm³/mol. The summed E-state index contributed by atoms with van der Waals surface area (Å²) in [6, 6.07) is 6.39. The number of amides is 2. The summed E-state index contributed by atoms with van der Waals surface area (Å²) in [5.74, 6) is 0.517. The molecule has 1 aromatic rings. The van der Waals surface area contributed by atoms with Crippen LogP contribution >= 0.6 is 0 Å². The second-order valence-corrected chi connectivity index (χ2v) is 7.88. The van der Waals surface area contributed by atoms with Gasteiger partial charge in [-0.05, 0) is 37.8 Å². The van der Waals surface area contributed by atoms with Crippen molar-refractivity contribution in [2.45, 2.75) is 44.2 Å². The first kappa shape index (κ1) is 14.6. The Balaban J connectivity index is 1.30. The Labute approximate surface area is 142 Å². The lowest BCUT2D eigenvalue weighted by molar-refractivity contribution is -0.171. The fraction of sp³-hybridized carbons (Fsp3) is 0.632. The lowest BCUT2D eigenvalue weighted by Gasteiger charge is -2.63. The quantitative estimate of drug-likeness (QED) is 0.878. The molecule has 3 fully saturated rings. The smallest absolute Gasteiger partial charge is 0.319 e. The summed E-state index contributed by atoms with van der Waals surface area (Å²) < 4.78 is 5.93. The summed E-state index contributed by atoms with van der Waals surface area (Å²) >= 11 is 0. The van der Waals surface area contributed by atoms with Crippen molar-refractivity contribution in [2.24, 2.45) is 11.3 Å². The molecular weight excluding hydrogens is 302 g/mol. The van der Waals surface area contributed by atoms with E-state index in [0.717, 1.165) is 31.7 Å². The minimum atomic E-state index is -0.0559. The number of carbonyl (C=O) groups is 1. The molecule has 1 saturated heterocycles. The van der Waals surface area contributed by atoms with Crippen molar-refractivity contribution in [2.75, 3.05) is 30.4 Å². The highest BCUT2D eigenvalue weighted by molar-refractivity contribution is 5.92. The van der Waals surface area contributed by atoms with Crippen molar-refractivity contribution in [3.63, 3.8) is 0 Å². The minimum absolute atomic E-state index is 0.0559. The Kier molecular flexibility index (Phi) is 3.11. The van der Waals surface area contributed by atoms with E-state index < -0.39 is 0 Å². The molecule has 2 heterocycles. The van der Waals surface area contributed by atoms with E-state index in [0.29, 0.717) is 12.0 Å². The molecule has 4 aliphatic rings. The third-order valence-electron chi connectivity index (χ3n) is 6.83. The average molecular weight is 327 g/mol. The number of fused-ring (bicyclic) bond motifs is 3. The number of nitrogens with zero attached hydrogens (tertiary/aromatic N) is 1. The number of rotatable bonds is 2. The van der Waals surface area contributed by atoms with Gasteiger partial charge in [0.15, 0.2) is 0 Å². The third-order valence-corrected chi connectivity index (χ3v) is 6.83. The molecule has 0 unspecified atom stereocenters. The molecule has 2 aliphatic heterocycles. The standard InChI is InChI=1S/C19H25N3O2/c1-22-10-6-12-14(4-2-5-15(12)22)20-18(23)21-16-13-7-11-24-17(13)19(16)8-3-9-19/h2,4-5,13,16-17H,3,6-11H2,1H3,(H2,20,21,23)/t13-,16-,17+/m1/s1. The Morgan fingerprint density at radius 2 is 2.25 bits per heavy atom. The van der Waals surface area contributed by atoms with E-state index >= 15 is 0 Å². The van der Waals surface area contributed by atoms with E-state index in [-0.39, 0.29) is 17.5 Å². The maximum absolute atomic E-state index is 12.6. The van der Waals surface area contributed by atoms with Gasteiger partial charge in [0.25, 0.3) is 0 Å². The lowest BCUT2D eigenvalue weighted by atomic mass is 9.46. The molecule has 2 saturated carbocycles. The van der Waals surface area contributed by atoms with Gasteiger partial charge in [-0.3, -0.25) is 0 Å². The van der Waals surface area contributed by atoms with Crippen LogP contribution in [-0.2, 0) is 11.2 Å². The number of urea groups is 1. The van der Waals surface area contributed by atoms with Gasteiger partial charge in [0.2, 0.25) is 0 Å². The topological polar surface area (TPSA) is 53.6 Å². The molecule has 0 bridgehead atoms. The molecule has 2 amide bonds. The van der Waals surface area contributed by atoms with Gasteiger partial charge in [-0.1, -0.05) is 12.5 Å². The maximum Gasteiger partial charge on any atom is 0.319 e. The van der Waals surface area contributed by atoms with Crippen LogP contribution in [0.2, 0.25) is 0 Å². The van der Waals surface area contributed by atoms with Crippen LogP contribution in [0.5, 0.6) is 0 Å². The first-order valence-electron chi connectivity index (χ1n) is 9.21. The van der Waals surface area contributed by atoms with Gasteiger partial charge in [0.05, 0.1) is 6.10 Å². The number of hydrogen-bond acceptors (Lipinski definition) is 3. The number of benzene rings is 1. The summed E-state index contributed by atoms with van der Waals surface area (Å²) in [5.41, 5.74) is 3.67. The van der Waals surface area contributed by atoms with Gasteiger partial charge in [0, 0.05) is 54.5 Å². The number of carbonyl (C=O) groups excluding carboxylic acids is 1. The molecule has 0 radical (unpaired) electrons. The Morgan fingerprint density at radius 1 is 1.38 bits per heavy atom. The molecule has 5 rings (SSSR count). The van der Waals surface area contributed by atoms with Gasteiger partial charge in [0.1, 0.15) is 0 Å². The highest BCUT2D eigenvalue weighted by atomic mass is 16.5. The van der Waals surface area contributed by atoms with E-state index in [9.17, 15) is 4.79 Å². The van der Waals surface area contributed by atoms with Crippen LogP contribution in [0.1, 0.15) is 31.2 Å². The number of ether oxygens (including phenoxy) is 1. The van der Waals surface area contributed by atoms with Gasteiger partial charge in [-0.25, -0.2) is 4.79 Å². The normalized spacial score (nSPS) is 31.9. The first-order valence-corrected chi connectivity index (χ1v) is 9.21. The van der Waals surface area contributed by atoms with Crippen molar-refractivity contribution in [3.8, 4) is 0 Å². The average Bonchev–Trinajstić information content (AvgIpc) is 3.10. The van der Waals surface area contributed by atoms with Gasteiger partial charge >= 0.3 is 6.03 Å². The van der Waals surface area contributed by atoms with Gasteiger partial charge in [-0.15, -0.1) is 0 Å². The zero-order chi connectivity index (χ0) is 16.3. The number of hydrogen-bond donors (Lipinski definition) is 2. The summed E-state index contributed by atoms with van der Waals surface area (Å²) in [4.78, 5) is 14.9. The Hall–Kier alpha value is -1.75. The van der Waals surface area contributed by atoms with Crippen LogP contribution in [0.3, 0.4) is 0 Å². The summed E-state index contributed by atoms with van der Waals surface area (Å²) in [6.45, 7) is 1.87. The molecule has 3 atom stereocenters. The molecule has 0 aromatic heterocycles. The maximum atomic E-state index is 12.6. The summed E-state index contributed by atoms with van der Waals surface area (Å²) in [6.07, 6.45) is 6.14. The van der Waals surface area contributed by atoms with Crippen LogP contribution in [0.15, 0.2) is 18.2 Å². The van der Waals surface area contributed by atoms with Gasteiger partial charge < -0.3 is 20.3 Å². The van der Waals surface area contributed by atoms with Crippen LogP contribution in [0.4, 0.5) is 16.2 Å². The fourth-order valence-corrected chi connectivity index (χ4v) is 5.47. The molecule has 24 heavy (non-hydrogen) atoms. The van der Waals surface area contributed by atoms with E-state index in [4.69, 9.17) is 4.74 Å². The van der Waals surface area contributed by atoms with Crippen molar-refractivity contribution >= 4 is 17.4 Å². The summed E-state index contributed by atoms with van der Waals surface area (Å²) in [5, 5.41) is 6.40. The number of anilines is 2. The van der Waals surface area contributed by atoms with Crippen LogP contribution in [-0.4, -0.2) is 38.4 Å². The van der Waals surface area contributed by atoms with Crippen molar-refractivity contribution < 1.29 is 9.53 Å². The molecule has 1 spiro atoms. The molecule has 1 aromatic carbocycles. The van der Waals surface area contributed by atoms with Crippen LogP contribution < -0.4 is 15.5 Å². The molecule has 128 valence electrons. The van der Waals surface area contributed by atoms with E-state index in [1.54, 1.807) is 0 Å². The Morgan fingerprint density at radius 3 is 3.04 bits per heavy atom. The number of likely N-dealkylation sites (N-methyl/N-ethyl adjacent to an activating group) is 1. The molecule has 5 nitrogen and oxygen atoms in total. The Bertz CT molecular complexity index is 685. The second-order valence-electron chi connectivity index (χ2n) is 7.88. The SMILES string of the molecule is CN1CCc2c(NC(=O)N[C@@H]3[C@H]4CCO[C@@H]4C34CCC4)cccc21. The number of nitrogens with one attached hydrogen (secondary N) is 2. The van der Waals surface area contributed by atoms with Gasteiger partial charge in [-0.2, -0.15) is 0 Å². The zero-order valence-electron chi connectivity index (χ0n) is 14.2. The fourth-order valence-electron chi connectivity index (χ4n) is 5.47. The monoisotopic (exact) mass is 327 g/mol. The molecule has 2 aliphatic carbocycles. The molecule has 2 N–H and O–H groups in total.